The second-order valence-electron chi connectivity index (χ2n) is 5.22. The third-order valence-electron chi connectivity index (χ3n) is 2.25. The van der Waals surface area contributed by atoms with Gasteiger partial charge in [0.15, 0.2) is 9.84 Å². The number of carbonyl (C=O) groups is 1. The monoisotopic (exact) mass is 265 g/mol. The Labute approximate surface area is 101 Å². The molecule has 1 heterocycles. The molecule has 0 aromatic carbocycles. The van der Waals surface area contributed by atoms with Crippen LogP contribution in [-0.2, 0) is 19.4 Å². The number of sulfone groups is 1. The zero-order chi connectivity index (χ0) is 13.3. The molecule has 0 unspecified atom stereocenters. The molecule has 0 aromatic heterocycles. The maximum absolute atomic E-state index is 11.4. The van der Waals surface area contributed by atoms with Gasteiger partial charge < -0.3 is 15.2 Å². The Bertz CT molecular complexity index is 384. The van der Waals surface area contributed by atoms with E-state index in [-0.39, 0.29) is 18.1 Å². The first-order valence-corrected chi connectivity index (χ1v) is 7.25. The maximum Gasteiger partial charge on any atom is 0.320 e. The Morgan fingerprint density at radius 2 is 2.00 bits per heavy atom. The molecule has 0 amide bonds. The van der Waals surface area contributed by atoms with Crippen LogP contribution in [0.25, 0.3) is 0 Å². The topological polar surface area (TPSA) is 92.7 Å². The van der Waals surface area contributed by atoms with E-state index in [2.05, 4.69) is 5.32 Å². The van der Waals surface area contributed by atoms with Crippen molar-refractivity contribution in [1.82, 2.24) is 5.32 Å². The molecule has 0 spiro atoms. The van der Waals surface area contributed by atoms with Gasteiger partial charge in [0.1, 0.15) is 5.60 Å². The van der Waals surface area contributed by atoms with Crippen molar-refractivity contribution < 1.29 is 23.1 Å². The molecule has 0 aliphatic carbocycles. The van der Waals surface area contributed by atoms with Crippen LogP contribution < -0.4 is 5.32 Å². The van der Waals surface area contributed by atoms with Gasteiger partial charge in [-0.1, -0.05) is 0 Å². The summed E-state index contributed by atoms with van der Waals surface area (Å²) in [6, 6.07) is -0.590. The molecule has 1 rings (SSSR count). The Morgan fingerprint density at radius 3 is 2.41 bits per heavy atom. The molecule has 1 aliphatic heterocycles. The molecule has 0 saturated carbocycles. The van der Waals surface area contributed by atoms with E-state index in [9.17, 15) is 18.3 Å². The highest BCUT2D eigenvalue weighted by molar-refractivity contribution is 7.91. The zero-order valence-electron chi connectivity index (χ0n) is 10.3. The first kappa shape index (κ1) is 14.4. The quantitative estimate of drug-likeness (QED) is 0.641. The number of hydrogen-bond donors (Lipinski definition) is 2. The number of rotatable bonds is 3. The fraction of sp³-hybridized carbons (Fsp3) is 0.900. The average Bonchev–Trinajstić information content (AvgIpc) is 2.33. The number of carbonyl (C=O) groups excluding carboxylic acids is 1. The summed E-state index contributed by atoms with van der Waals surface area (Å²) >= 11 is 0. The molecule has 100 valence electrons. The van der Waals surface area contributed by atoms with E-state index in [1.807, 2.05) is 0 Å². The molecule has 0 bridgehead atoms. The fourth-order valence-corrected chi connectivity index (χ4v) is 3.39. The van der Waals surface area contributed by atoms with E-state index < -0.39 is 33.6 Å². The van der Waals surface area contributed by atoms with Gasteiger partial charge in [0.05, 0.1) is 24.2 Å². The lowest BCUT2D eigenvalue weighted by molar-refractivity contribution is -0.153. The van der Waals surface area contributed by atoms with Crippen LogP contribution in [-0.4, -0.2) is 55.3 Å². The summed E-state index contributed by atoms with van der Waals surface area (Å²) in [5.41, 5.74) is -0.570. The molecular weight excluding hydrogens is 246 g/mol. The Hall–Kier alpha value is -0.660. The summed E-state index contributed by atoms with van der Waals surface area (Å²) < 4.78 is 27.5. The van der Waals surface area contributed by atoms with Crippen LogP contribution in [0.5, 0.6) is 0 Å². The second-order valence-corrected chi connectivity index (χ2v) is 7.37. The summed E-state index contributed by atoms with van der Waals surface area (Å²) in [6.07, 6.45) is -0.956. The van der Waals surface area contributed by atoms with Gasteiger partial charge in [-0.15, -0.1) is 0 Å². The molecule has 1 fully saturated rings. The third kappa shape index (κ3) is 5.01. The minimum Gasteiger partial charge on any atom is -0.459 e. The predicted molar refractivity (Wildman–Crippen MR) is 62.3 cm³/mol. The highest BCUT2D eigenvalue weighted by atomic mass is 32.2. The van der Waals surface area contributed by atoms with Crippen molar-refractivity contribution >= 4 is 15.8 Å². The standard InChI is InChI=1S/C10H19NO5S/c1-10(2,3)16-9(13)4-11-7-5-17(14,15)6-8(7)12/h7-8,11-12H,4-6H2,1-3H3/t7-,8-/m1/s1. The van der Waals surface area contributed by atoms with Crippen LogP contribution in [0.3, 0.4) is 0 Å². The largest absolute Gasteiger partial charge is 0.459 e. The van der Waals surface area contributed by atoms with Gasteiger partial charge in [0, 0.05) is 6.04 Å². The highest BCUT2D eigenvalue weighted by Crippen LogP contribution is 2.12. The molecule has 1 aliphatic rings. The Morgan fingerprint density at radius 1 is 1.41 bits per heavy atom. The minimum absolute atomic E-state index is 0.103. The lowest BCUT2D eigenvalue weighted by Crippen LogP contribution is -2.43. The van der Waals surface area contributed by atoms with Crippen molar-refractivity contribution in [2.24, 2.45) is 0 Å². The van der Waals surface area contributed by atoms with Gasteiger partial charge in [0.25, 0.3) is 0 Å². The Balaban J connectivity index is 2.40. The molecule has 7 heteroatoms. The van der Waals surface area contributed by atoms with E-state index in [1.165, 1.54) is 0 Å². The molecule has 6 nitrogen and oxygen atoms in total. The summed E-state index contributed by atoms with van der Waals surface area (Å²) in [6.45, 7) is 5.15. The molecule has 2 atom stereocenters. The summed E-state index contributed by atoms with van der Waals surface area (Å²) in [7, 11) is -3.19. The molecular formula is C10H19NO5S. The van der Waals surface area contributed by atoms with Crippen molar-refractivity contribution in [3.8, 4) is 0 Å². The van der Waals surface area contributed by atoms with E-state index in [4.69, 9.17) is 4.74 Å². The summed E-state index contributed by atoms with van der Waals surface area (Å²) in [4.78, 5) is 11.4. The van der Waals surface area contributed by atoms with Gasteiger partial charge >= 0.3 is 5.97 Å². The van der Waals surface area contributed by atoms with E-state index in [1.54, 1.807) is 20.8 Å². The summed E-state index contributed by atoms with van der Waals surface area (Å²) in [5, 5.41) is 12.2. The average molecular weight is 265 g/mol. The molecule has 1 saturated heterocycles. The van der Waals surface area contributed by atoms with Crippen LogP contribution in [0.2, 0.25) is 0 Å². The van der Waals surface area contributed by atoms with Crippen LogP contribution in [0.4, 0.5) is 0 Å². The van der Waals surface area contributed by atoms with Crippen LogP contribution in [0.15, 0.2) is 0 Å². The smallest absolute Gasteiger partial charge is 0.320 e. The number of aliphatic hydroxyl groups is 1. The van der Waals surface area contributed by atoms with Crippen LogP contribution in [0.1, 0.15) is 20.8 Å². The van der Waals surface area contributed by atoms with Gasteiger partial charge in [-0.2, -0.15) is 0 Å². The first-order valence-electron chi connectivity index (χ1n) is 5.43. The van der Waals surface area contributed by atoms with Crippen LogP contribution in [0, 0.1) is 0 Å². The van der Waals surface area contributed by atoms with Gasteiger partial charge in [-0.05, 0) is 20.8 Å². The first-order chi connectivity index (χ1) is 7.59. The van der Waals surface area contributed by atoms with Crippen molar-refractivity contribution in [3.05, 3.63) is 0 Å². The second kappa shape index (κ2) is 4.91. The zero-order valence-corrected chi connectivity index (χ0v) is 11.1. The maximum atomic E-state index is 11.4. The predicted octanol–water partition coefficient (Wildman–Crippen LogP) is -0.924. The van der Waals surface area contributed by atoms with Gasteiger partial charge in [0.2, 0.25) is 0 Å². The number of ether oxygens (including phenoxy) is 1. The normalized spacial score (nSPS) is 28.0. The van der Waals surface area contributed by atoms with Crippen LogP contribution >= 0.6 is 0 Å². The number of nitrogens with one attached hydrogen (secondary N) is 1. The lowest BCUT2D eigenvalue weighted by Gasteiger charge is -2.21. The minimum atomic E-state index is -3.19. The van der Waals surface area contributed by atoms with E-state index in [0.29, 0.717) is 0 Å². The van der Waals surface area contributed by atoms with Crippen molar-refractivity contribution in [1.29, 1.82) is 0 Å². The van der Waals surface area contributed by atoms with Gasteiger partial charge in [-0.25, -0.2) is 8.42 Å². The molecule has 2 N–H and O–H groups in total. The van der Waals surface area contributed by atoms with Crippen molar-refractivity contribution in [2.75, 3.05) is 18.1 Å². The number of esters is 1. The molecule has 0 radical (unpaired) electrons. The SMILES string of the molecule is CC(C)(C)OC(=O)CN[C@@H]1CS(=O)(=O)C[C@H]1O. The molecule has 17 heavy (non-hydrogen) atoms. The summed E-state index contributed by atoms with van der Waals surface area (Å²) in [5.74, 6) is -0.857. The van der Waals surface area contributed by atoms with Gasteiger partial charge in [-0.3, -0.25) is 4.79 Å². The van der Waals surface area contributed by atoms with E-state index in [0.717, 1.165) is 0 Å². The fourth-order valence-electron chi connectivity index (χ4n) is 1.62. The number of hydrogen-bond acceptors (Lipinski definition) is 6. The molecule has 0 aromatic rings. The third-order valence-corrected chi connectivity index (χ3v) is 3.97. The lowest BCUT2D eigenvalue weighted by atomic mass is 10.2. The van der Waals surface area contributed by atoms with E-state index >= 15 is 0 Å². The Kier molecular flexibility index (Phi) is 4.16. The number of aliphatic hydroxyl groups excluding tert-OH is 1. The highest BCUT2D eigenvalue weighted by Gasteiger charge is 2.36. The van der Waals surface area contributed by atoms with Crippen molar-refractivity contribution in [3.63, 3.8) is 0 Å². The van der Waals surface area contributed by atoms with Crippen molar-refractivity contribution in [2.45, 2.75) is 38.5 Å².